The first-order valence-corrected chi connectivity index (χ1v) is 11.5. The summed E-state index contributed by atoms with van der Waals surface area (Å²) in [6.07, 6.45) is 11.9. The van der Waals surface area contributed by atoms with Crippen molar-refractivity contribution in [1.82, 2.24) is 15.3 Å². The predicted molar refractivity (Wildman–Crippen MR) is 131 cm³/mol. The molecule has 0 radical (unpaired) electrons. The van der Waals surface area contributed by atoms with E-state index in [4.69, 9.17) is 4.74 Å². The Morgan fingerprint density at radius 2 is 2.03 bits per heavy atom. The number of hydrogen-bond acceptors (Lipinski definition) is 6. The van der Waals surface area contributed by atoms with Gasteiger partial charge in [0.1, 0.15) is 11.9 Å². The Balaban J connectivity index is 1.58. The Morgan fingerprint density at radius 3 is 2.88 bits per heavy atom. The second-order valence-corrected chi connectivity index (χ2v) is 8.80. The van der Waals surface area contributed by atoms with Crippen molar-refractivity contribution in [2.45, 2.75) is 25.5 Å². The van der Waals surface area contributed by atoms with E-state index in [-0.39, 0.29) is 11.9 Å². The van der Waals surface area contributed by atoms with Gasteiger partial charge in [-0.2, -0.15) is 5.26 Å². The summed E-state index contributed by atoms with van der Waals surface area (Å²) in [4.78, 5) is 11.0. The van der Waals surface area contributed by atoms with Gasteiger partial charge in [-0.25, -0.2) is 4.39 Å². The summed E-state index contributed by atoms with van der Waals surface area (Å²) in [5.74, 6) is -0.264. The molecule has 2 aliphatic heterocycles. The minimum absolute atomic E-state index is 0.103. The number of halogens is 1. The highest BCUT2D eigenvalue weighted by Gasteiger charge is 2.33. The van der Waals surface area contributed by atoms with Gasteiger partial charge >= 0.3 is 0 Å². The maximum Gasteiger partial charge on any atom is 0.124 e. The van der Waals surface area contributed by atoms with Crippen molar-refractivity contribution in [3.05, 3.63) is 77.1 Å². The first kappa shape index (κ1) is 22.2. The Labute approximate surface area is 198 Å². The third kappa shape index (κ3) is 4.69. The molecule has 1 N–H and O–H groups in total. The molecule has 2 saturated heterocycles. The number of anilines is 1. The molecule has 0 amide bonds. The van der Waals surface area contributed by atoms with Crippen molar-refractivity contribution >= 4 is 17.8 Å². The molecule has 5 rings (SSSR count). The van der Waals surface area contributed by atoms with Crippen LogP contribution in [0.15, 0.2) is 49.1 Å². The van der Waals surface area contributed by atoms with Crippen LogP contribution in [0.2, 0.25) is 0 Å². The molecule has 0 unspecified atom stereocenters. The fraction of sp³-hybridized carbons (Fsp3) is 0.296. The van der Waals surface area contributed by atoms with Crippen LogP contribution in [0.3, 0.4) is 0 Å². The summed E-state index contributed by atoms with van der Waals surface area (Å²) in [6, 6.07) is 9.35. The molecule has 2 fully saturated rings. The average Bonchev–Trinajstić information content (AvgIpc) is 2.86. The van der Waals surface area contributed by atoms with E-state index in [1.54, 1.807) is 24.5 Å². The number of fused-ring (bicyclic) bond motifs is 1. The molecule has 6 nitrogen and oxygen atoms in total. The number of aromatic nitrogens is 2. The number of pyridine rings is 2. The van der Waals surface area contributed by atoms with Crippen molar-refractivity contribution < 1.29 is 9.13 Å². The third-order valence-electron chi connectivity index (χ3n) is 6.36. The molecule has 2 aliphatic rings. The smallest absolute Gasteiger partial charge is 0.124 e. The van der Waals surface area contributed by atoms with E-state index in [0.29, 0.717) is 18.2 Å². The Hall–Kier alpha value is -3.60. The topological polar surface area (TPSA) is 74.1 Å². The SMILES string of the molecule is Cc1cc(F)cc(-c2cncc(/C=C/c3cncc(C#N)c3)c2N2CC[C@H]3NCCO[C@@H]3C2)c1. The van der Waals surface area contributed by atoms with Gasteiger partial charge in [0.15, 0.2) is 0 Å². The van der Waals surface area contributed by atoms with Gasteiger partial charge < -0.3 is 15.0 Å². The van der Waals surface area contributed by atoms with Crippen molar-refractivity contribution in [3.8, 4) is 17.2 Å². The minimum atomic E-state index is -0.264. The average molecular weight is 456 g/mol. The van der Waals surface area contributed by atoms with E-state index in [1.807, 2.05) is 37.5 Å². The number of piperidine rings is 1. The van der Waals surface area contributed by atoms with Crippen LogP contribution in [0.1, 0.15) is 28.7 Å². The summed E-state index contributed by atoms with van der Waals surface area (Å²) in [5.41, 5.74) is 5.81. The molecule has 0 aliphatic carbocycles. The van der Waals surface area contributed by atoms with Crippen molar-refractivity contribution in [2.24, 2.45) is 0 Å². The lowest BCUT2D eigenvalue weighted by Crippen LogP contribution is -2.58. The number of hydrogen-bond donors (Lipinski definition) is 1. The van der Waals surface area contributed by atoms with Crippen LogP contribution in [0.4, 0.5) is 10.1 Å². The molecule has 4 heterocycles. The van der Waals surface area contributed by atoms with Crippen LogP contribution < -0.4 is 10.2 Å². The number of nitriles is 1. The molecule has 34 heavy (non-hydrogen) atoms. The third-order valence-corrected chi connectivity index (χ3v) is 6.36. The van der Waals surface area contributed by atoms with Crippen LogP contribution in [-0.4, -0.2) is 48.4 Å². The molecule has 1 aromatic carbocycles. The highest BCUT2D eigenvalue weighted by molar-refractivity contribution is 5.87. The quantitative estimate of drug-likeness (QED) is 0.636. The highest BCUT2D eigenvalue weighted by atomic mass is 19.1. The number of nitrogens with one attached hydrogen (secondary N) is 1. The zero-order valence-corrected chi connectivity index (χ0v) is 19.0. The molecule has 2 atom stereocenters. The Bertz CT molecular complexity index is 1250. The molecule has 0 bridgehead atoms. The number of morpholine rings is 1. The number of ether oxygens (including phenoxy) is 1. The second kappa shape index (κ2) is 9.72. The second-order valence-electron chi connectivity index (χ2n) is 8.80. The molecule has 172 valence electrons. The zero-order chi connectivity index (χ0) is 23.5. The van der Waals surface area contributed by atoms with Gasteiger partial charge in [-0.3, -0.25) is 9.97 Å². The lowest BCUT2D eigenvalue weighted by Gasteiger charge is -2.43. The summed E-state index contributed by atoms with van der Waals surface area (Å²) in [6.45, 7) is 5.08. The van der Waals surface area contributed by atoms with Gasteiger partial charge in [0.05, 0.1) is 24.0 Å². The molecule has 3 aromatic rings. The number of aryl methyl sites for hydroxylation is 1. The molecular weight excluding hydrogens is 429 g/mol. The number of benzene rings is 1. The first-order valence-electron chi connectivity index (χ1n) is 11.5. The molecular formula is C27H26FN5O. The van der Waals surface area contributed by atoms with E-state index in [2.05, 4.69) is 26.3 Å². The molecule has 0 saturated carbocycles. The van der Waals surface area contributed by atoms with Crippen molar-refractivity contribution in [1.29, 1.82) is 5.26 Å². The fourth-order valence-corrected chi connectivity index (χ4v) is 4.82. The Kier molecular flexibility index (Phi) is 6.35. The lowest BCUT2D eigenvalue weighted by molar-refractivity contribution is -0.00901. The minimum Gasteiger partial charge on any atom is -0.373 e. The zero-order valence-electron chi connectivity index (χ0n) is 19.0. The van der Waals surface area contributed by atoms with E-state index in [1.165, 1.54) is 6.07 Å². The van der Waals surface area contributed by atoms with Gasteiger partial charge in [0.25, 0.3) is 0 Å². The van der Waals surface area contributed by atoms with E-state index in [0.717, 1.165) is 59.6 Å². The number of nitrogens with zero attached hydrogens (tertiary/aromatic N) is 4. The summed E-state index contributed by atoms with van der Waals surface area (Å²) in [5, 5.41) is 12.8. The number of rotatable bonds is 4. The van der Waals surface area contributed by atoms with Crippen LogP contribution in [0.25, 0.3) is 23.3 Å². The van der Waals surface area contributed by atoms with Gasteiger partial charge in [0.2, 0.25) is 0 Å². The van der Waals surface area contributed by atoms with Crippen molar-refractivity contribution in [2.75, 3.05) is 31.1 Å². The summed E-state index contributed by atoms with van der Waals surface area (Å²) >= 11 is 0. The van der Waals surface area contributed by atoms with E-state index in [9.17, 15) is 9.65 Å². The van der Waals surface area contributed by atoms with Crippen LogP contribution in [-0.2, 0) is 4.74 Å². The van der Waals surface area contributed by atoms with Crippen LogP contribution in [0.5, 0.6) is 0 Å². The van der Waals surface area contributed by atoms with Gasteiger partial charge in [-0.05, 0) is 48.2 Å². The van der Waals surface area contributed by atoms with Gasteiger partial charge in [-0.15, -0.1) is 0 Å². The van der Waals surface area contributed by atoms with E-state index >= 15 is 0 Å². The molecule has 2 aromatic heterocycles. The summed E-state index contributed by atoms with van der Waals surface area (Å²) < 4.78 is 20.4. The largest absolute Gasteiger partial charge is 0.373 e. The summed E-state index contributed by atoms with van der Waals surface area (Å²) in [7, 11) is 0. The maximum absolute atomic E-state index is 14.3. The van der Waals surface area contributed by atoms with Gasteiger partial charge in [-0.1, -0.05) is 18.2 Å². The van der Waals surface area contributed by atoms with Crippen LogP contribution in [0, 0.1) is 24.1 Å². The van der Waals surface area contributed by atoms with Gasteiger partial charge in [0, 0.05) is 61.6 Å². The monoisotopic (exact) mass is 455 g/mol. The highest BCUT2D eigenvalue weighted by Crippen LogP contribution is 2.37. The van der Waals surface area contributed by atoms with Crippen molar-refractivity contribution in [3.63, 3.8) is 0 Å². The molecule has 7 heteroatoms. The molecule has 0 spiro atoms. The predicted octanol–water partition coefficient (Wildman–Crippen LogP) is 4.20. The van der Waals surface area contributed by atoms with Crippen LogP contribution >= 0.6 is 0 Å². The normalized spacial score (nSPS) is 20.2. The van der Waals surface area contributed by atoms with E-state index < -0.39 is 0 Å². The Morgan fingerprint density at radius 1 is 1.15 bits per heavy atom. The maximum atomic E-state index is 14.3. The standard InChI is InChI=1S/C27H26FN5O/c1-18-8-22(11-23(28)9-18)24-16-31-15-21(3-2-19-10-20(12-29)14-30-13-19)27(24)33-6-4-25-26(17-33)34-7-5-32-25/h2-3,8-11,13-16,25-26,32H,4-7,17H2,1H3/b3-2+/t25-,26-/m1/s1. The lowest BCUT2D eigenvalue weighted by atomic mass is 9.95. The fourth-order valence-electron chi connectivity index (χ4n) is 4.82. The first-order chi connectivity index (χ1) is 16.6.